The van der Waals surface area contributed by atoms with E-state index < -0.39 is 0 Å². The van der Waals surface area contributed by atoms with E-state index in [0.717, 1.165) is 12.4 Å². The number of pyridine rings is 1. The molecule has 0 aliphatic carbocycles. The first kappa shape index (κ1) is 8.40. The van der Waals surface area contributed by atoms with Crippen LogP contribution in [0.2, 0.25) is 0 Å². The van der Waals surface area contributed by atoms with E-state index in [-0.39, 0.29) is 0 Å². The zero-order chi connectivity index (χ0) is 8.10. The Morgan fingerprint density at radius 2 is 2.45 bits per heavy atom. The highest BCUT2D eigenvalue weighted by Gasteiger charge is 1.92. The molecule has 0 radical (unpaired) electrons. The van der Waals surface area contributed by atoms with Gasteiger partial charge in [-0.05, 0) is 25.3 Å². The Morgan fingerprint density at radius 3 is 3.09 bits per heavy atom. The first-order chi connectivity index (χ1) is 5.36. The lowest BCUT2D eigenvalue weighted by atomic mass is 10.4. The second kappa shape index (κ2) is 4.23. The zero-order valence-corrected chi connectivity index (χ0v) is 7.61. The molecule has 0 bridgehead atoms. The molecule has 0 aliphatic rings. The van der Waals surface area contributed by atoms with Crippen LogP contribution in [0, 0.1) is 0 Å². The van der Waals surface area contributed by atoms with E-state index in [9.17, 15) is 0 Å². The lowest BCUT2D eigenvalue weighted by molar-refractivity contribution is 1.14. The molecule has 3 heteroatoms. The minimum atomic E-state index is 0.921. The fourth-order valence-corrected chi connectivity index (χ4v) is 1.24. The Kier molecular flexibility index (Phi) is 3.23. The molecule has 0 saturated carbocycles. The molecule has 1 aromatic heterocycles. The predicted molar refractivity (Wildman–Crippen MR) is 50.2 cm³/mol. The van der Waals surface area contributed by atoms with Crippen molar-refractivity contribution in [2.75, 3.05) is 18.1 Å². The molecule has 1 heterocycles. The van der Waals surface area contributed by atoms with E-state index >= 15 is 0 Å². The van der Waals surface area contributed by atoms with E-state index in [1.807, 2.05) is 18.3 Å². The van der Waals surface area contributed by atoms with Crippen LogP contribution < -0.4 is 5.32 Å². The highest BCUT2D eigenvalue weighted by molar-refractivity contribution is 7.98. The van der Waals surface area contributed by atoms with Crippen LogP contribution in [0.5, 0.6) is 0 Å². The molecule has 0 fully saturated rings. The predicted octanol–water partition coefficient (Wildman–Crippen LogP) is 2.24. The maximum absolute atomic E-state index is 4.15. The van der Waals surface area contributed by atoms with Crippen LogP contribution >= 0.6 is 11.8 Å². The van der Waals surface area contributed by atoms with Gasteiger partial charge >= 0.3 is 0 Å². The van der Waals surface area contributed by atoms with Crippen LogP contribution in [0.1, 0.15) is 6.92 Å². The second-order valence-electron chi connectivity index (χ2n) is 2.11. The Hall–Kier alpha value is -0.700. The third-order valence-electron chi connectivity index (χ3n) is 1.32. The third kappa shape index (κ3) is 2.42. The molecule has 2 nitrogen and oxygen atoms in total. The average molecular weight is 168 g/mol. The van der Waals surface area contributed by atoms with Crippen LogP contribution in [0.25, 0.3) is 0 Å². The van der Waals surface area contributed by atoms with Crippen molar-refractivity contribution in [3.8, 4) is 0 Å². The van der Waals surface area contributed by atoms with Gasteiger partial charge in [-0.2, -0.15) is 0 Å². The summed E-state index contributed by atoms with van der Waals surface area (Å²) in [4.78, 5) is 5.40. The molecule has 1 rings (SSSR count). The topological polar surface area (TPSA) is 24.9 Å². The second-order valence-corrected chi connectivity index (χ2v) is 2.99. The van der Waals surface area contributed by atoms with E-state index in [0.29, 0.717) is 0 Å². The highest BCUT2D eigenvalue weighted by Crippen LogP contribution is 2.16. The molecule has 0 amide bonds. The van der Waals surface area contributed by atoms with Gasteiger partial charge in [0, 0.05) is 17.6 Å². The van der Waals surface area contributed by atoms with Gasteiger partial charge in [-0.3, -0.25) is 0 Å². The molecule has 0 unspecified atom stereocenters. The number of anilines is 1. The van der Waals surface area contributed by atoms with E-state index in [1.165, 1.54) is 4.90 Å². The Balaban J connectivity index is 2.74. The van der Waals surface area contributed by atoms with Crippen LogP contribution in [-0.4, -0.2) is 17.8 Å². The number of hydrogen-bond acceptors (Lipinski definition) is 3. The smallest absolute Gasteiger partial charge is 0.126 e. The first-order valence-corrected chi connectivity index (χ1v) is 4.83. The number of aromatic nitrogens is 1. The van der Waals surface area contributed by atoms with E-state index in [2.05, 4.69) is 23.5 Å². The van der Waals surface area contributed by atoms with Crippen molar-refractivity contribution in [3.05, 3.63) is 18.3 Å². The molecular formula is C8H12N2S. The van der Waals surface area contributed by atoms with E-state index in [1.54, 1.807) is 11.8 Å². The standard InChI is InChI=1S/C8H12N2S/c1-3-9-8-6-7(11-2)4-5-10-8/h4-6H,3H2,1-2H3,(H,9,10). The van der Waals surface area contributed by atoms with Gasteiger partial charge in [-0.1, -0.05) is 0 Å². The van der Waals surface area contributed by atoms with E-state index in [4.69, 9.17) is 0 Å². The van der Waals surface area contributed by atoms with Crippen LogP contribution in [0.15, 0.2) is 23.2 Å². The molecule has 0 aliphatic heterocycles. The summed E-state index contributed by atoms with van der Waals surface area (Å²) in [6.45, 7) is 2.98. The summed E-state index contributed by atoms with van der Waals surface area (Å²) in [5.74, 6) is 0.958. The summed E-state index contributed by atoms with van der Waals surface area (Å²) in [6.07, 6.45) is 3.88. The van der Waals surface area contributed by atoms with Gasteiger partial charge in [0.25, 0.3) is 0 Å². The van der Waals surface area contributed by atoms with Crippen molar-refractivity contribution in [1.29, 1.82) is 0 Å². The molecule has 60 valence electrons. The summed E-state index contributed by atoms with van der Waals surface area (Å²) in [5.41, 5.74) is 0. The minimum absolute atomic E-state index is 0.921. The molecule has 0 atom stereocenters. The minimum Gasteiger partial charge on any atom is -0.370 e. The first-order valence-electron chi connectivity index (χ1n) is 3.60. The van der Waals surface area contributed by atoms with Gasteiger partial charge in [-0.15, -0.1) is 11.8 Å². The zero-order valence-electron chi connectivity index (χ0n) is 6.79. The monoisotopic (exact) mass is 168 g/mol. The summed E-state index contributed by atoms with van der Waals surface area (Å²) in [6, 6.07) is 4.06. The highest BCUT2D eigenvalue weighted by atomic mass is 32.2. The van der Waals surface area contributed by atoms with Gasteiger partial charge < -0.3 is 5.32 Å². The van der Waals surface area contributed by atoms with Crippen molar-refractivity contribution in [3.63, 3.8) is 0 Å². The molecule has 0 spiro atoms. The number of thioether (sulfide) groups is 1. The van der Waals surface area contributed by atoms with Crippen molar-refractivity contribution < 1.29 is 0 Å². The lowest BCUT2D eigenvalue weighted by Crippen LogP contribution is -1.98. The van der Waals surface area contributed by atoms with Crippen molar-refractivity contribution in [2.45, 2.75) is 11.8 Å². The van der Waals surface area contributed by atoms with Gasteiger partial charge in [-0.25, -0.2) is 4.98 Å². The normalized spacial score (nSPS) is 9.64. The summed E-state index contributed by atoms with van der Waals surface area (Å²) in [7, 11) is 0. The maximum atomic E-state index is 4.15. The molecule has 11 heavy (non-hydrogen) atoms. The molecule has 1 N–H and O–H groups in total. The fourth-order valence-electron chi connectivity index (χ4n) is 0.816. The van der Waals surface area contributed by atoms with Gasteiger partial charge in [0.1, 0.15) is 5.82 Å². The summed E-state index contributed by atoms with van der Waals surface area (Å²) in [5, 5.41) is 3.16. The molecular weight excluding hydrogens is 156 g/mol. The Labute approximate surface area is 71.4 Å². The quantitative estimate of drug-likeness (QED) is 0.701. The van der Waals surface area contributed by atoms with Gasteiger partial charge in [0.2, 0.25) is 0 Å². The number of nitrogens with zero attached hydrogens (tertiary/aromatic N) is 1. The summed E-state index contributed by atoms with van der Waals surface area (Å²) >= 11 is 1.73. The number of hydrogen-bond donors (Lipinski definition) is 1. The van der Waals surface area contributed by atoms with Gasteiger partial charge in [0.05, 0.1) is 0 Å². The van der Waals surface area contributed by atoms with Crippen LogP contribution in [0.4, 0.5) is 5.82 Å². The van der Waals surface area contributed by atoms with Gasteiger partial charge in [0.15, 0.2) is 0 Å². The Morgan fingerprint density at radius 1 is 1.64 bits per heavy atom. The molecule has 1 aromatic rings. The SMILES string of the molecule is CCNc1cc(SC)ccn1. The van der Waals surface area contributed by atoms with Crippen LogP contribution in [0.3, 0.4) is 0 Å². The third-order valence-corrected chi connectivity index (χ3v) is 2.05. The fraction of sp³-hybridized carbons (Fsp3) is 0.375. The van der Waals surface area contributed by atoms with Crippen molar-refractivity contribution in [2.24, 2.45) is 0 Å². The van der Waals surface area contributed by atoms with Crippen molar-refractivity contribution >= 4 is 17.6 Å². The molecule has 0 aromatic carbocycles. The van der Waals surface area contributed by atoms with Crippen molar-refractivity contribution in [1.82, 2.24) is 4.98 Å². The molecule has 0 saturated heterocycles. The number of rotatable bonds is 3. The summed E-state index contributed by atoms with van der Waals surface area (Å²) < 4.78 is 0. The number of nitrogens with one attached hydrogen (secondary N) is 1. The average Bonchev–Trinajstić information content (AvgIpc) is 2.06. The Bertz CT molecular complexity index is 225. The largest absolute Gasteiger partial charge is 0.370 e. The van der Waals surface area contributed by atoms with Crippen LogP contribution in [-0.2, 0) is 0 Å². The lowest BCUT2D eigenvalue weighted by Gasteiger charge is -2.02. The maximum Gasteiger partial charge on any atom is 0.126 e.